The van der Waals surface area contributed by atoms with Crippen molar-refractivity contribution in [2.24, 2.45) is 0 Å². The fourth-order valence-corrected chi connectivity index (χ4v) is 2.96. The maximum Gasteiger partial charge on any atom is 0.240 e. The van der Waals surface area contributed by atoms with E-state index < -0.39 is 15.8 Å². The number of nitriles is 1. The summed E-state index contributed by atoms with van der Waals surface area (Å²) in [6, 6.07) is 11.4. The molecule has 7 heteroatoms. The van der Waals surface area contributed by atoms with E-state index in [0.29, 0.717) is 5.02 Å². The highest BCUT2D eigenvalue weighted by Crippen LogP contribution is 2.16. The monoisotopic (exact) mass is 324 g/mol. The smallest absolute Gasteiger partial charge is 0.207 e. The van der Waals surface area contributed by atoms with Crippen molar-refractivity contribution in [1.29, 1.82) is 5.26 Å². The summed E-state index contributed by atoms with van der Waals surface area (Å²) in [5.74, 6) is -0.636. The maximum absolute atomic E-state index is 13.7. The van der Waals surface area contributed by atoms with Gasteiger partial charge in [0.1, 0.15) is 5.82 Å². The van der Waals surface area contributed by atoms with Crippen molar-refractivity contribution in [3.8, 4) is 6.07 Å². The number of nitrogens with one attached hydrogen (secondary N) is 1. The van der Waals surface area contributed by atoms with Gasteiger partial charge in [0.05, 0.1) is 16.5 Å². The largest absolute Gasteiger partial charge is 0.240 e. The van der Waals surface area contributed by atoms with Crippen LogP contribution < -0.4 is 4.72 Å². The third-order valence-corrected chi connectivity index (χ3v) is 4.38. The Hall–Kier alpha value is -1.94. The van der Waals surface area contributed by atoms with Crippen molar-refractivity contribution in [2.75, 3.05) is 0 Å². The van der Waals surface area contributed by atoms with Gasteiger partial charge in [-0.15, -0.1) is 0 Å². The molecular weight excluding hydrogens is 315 g/mol. The Morgan fingerprint density at radius 3 is 2.62 bits per heavy atom. The third-order valence-electron chi connectivity index (χ3n) is 2.74. The molecule has 0 amide bonds. The molecule has 0 unspecified atom stereocenters. The van der Waals surface area contributed by atoms with E-state index in [-0.39, 0.29) is 22.6 Å². The van der Waals surface area contributed by atoms with E-state index >= 15 is 0 Å². The molecule has 2 aromatic carbocycles. The molecule has 108 valence electrons. The molecule has 0 aliphatic heterocycles. The summed E-state index contributed by atoms with van der Waals surface area (Å²) >= 11 is 5.74. The molecule has 0 aliphatic rings. The first kappa shape index (κ1) is 15.4. The first-order chi connectivity index (χ1) is 9.92. The van der Waals surface area contributed by atoms with Gasteiger partial charge in [-0.3, -0.25) is 0 Å². The van der Waals surface area contributed by atoms with E-state index in [9.17, 15) is 12.8 Å². The number of hydrogen-bond acceptors (Lipinski definition) is 3. The molecule has 0 atom stereocenters. The van der Waals surface area contributed by atoms with Crippen molar-refractivity contribution in [3.63, 3.8) is 0 Å². The Labute approximate surface area is 126 Å². The normalized spacial score (nSPS) is 11.1. The molecule has 2 rings (SSSR count). The molecule has 1 N–H and O–H groups in total. The number of rotatable bonds is 4. The molecule has 21 heavy (non-hydrogen) atoms. The van der Waals surface area contributed by atoms with E-state index in [1.54, 1.807) is 12.1 Å². The van der Waals surface area contributed by atoms with Gasteiger partial charge in [0.2, 0.25) is 10.0 Å². The van der Waals surface area contributed by atoms with Crippen LogP contribution in [0, 0.1) is 17.1 Å². The minimum atomic E-state index is -3.78. The third kappa shape index (κ3) is 3.79. The summed E-state index contributed by atoms with van der Waals surface area (Å²) in [7, 11) is -3.78. The summed E-state index contributed by atoms with van der Waals surface area (Å²) in [5.41, 5.74) is 0.327. The molecule has 0 spiro atoms. The number of nitrogens with zero attached hydrogens (tertiary/aromatic N) is 1. The van der Waals surface area contributed by atoms with Gasteiger partial charge in [-0.25, -0.2) is 17.5 Å². The highest BCUT2D eigenvalue weighted by atomic mass is 35.5. The van der Waals surface area contributed by atoms with Crippen LogP contribution in [0.3, 0.4) is 0 Å². The van der Waals surface area contributed by atoms with Crippen LogP contribution in [-0.4, -0.2) is 8.42 Å². The number of hydrogen-bond donors (Lipinski definition) is 1. The first-order valence-electron chi connectivity index (χ1n) is 5.86. The van der Waals surface area contributed by atoms with Gasteiger partial charge in [-0.1, -0.05) is 23.7 Å². The summed E-state index contributed by atoms with van der Waals surface area (Å²) in [6.45, 7) is -0.216. The molecule has 2 aromatic rings. The second-order valence-electron chi connectivity index (χ2n) is 4.20. The van der Waals surface area contributed by atoms with E-state index in [4.69, 9.17) is 16.9 Å². The zero-order valence-corrected chi connectivity index (χ0v) is 12.2. The summed E-state index contributed by atoms with van der Waals surface area (Å²) in [6.07, 6.45) is 0. The topological polar surface area (TPSA) is 70.0 Å². The molecule has 0 bridgehead atoms. The van der Waals surface area contributed by atoms with Gasteiger partial charge in [0.15, 0.2) is 0 Å². The molecule has 0 saturated heterocycles. The van der Waals surface area contributed by atoms with Gasteiger partial charge in [0.25, 0.3) is 0 Å². The Bertz CT molecular complexity index is 816. The molecule has 0 aromatic heterocycles. The van der Waals surface area contributed by atoms with Crippen molar-refractivity contribution in [3.05, 3.63) is 64.4 Å². The van der Waals surface area contributed by atoms with E-state index in [1.165, 1.54) is 30.3 Å². The zero-order chi connectivity index (χ0) is 15.5. The van der Waals surface area contributed by atoms with Crippen molar-refractivity contribution < 1.29 is 12.8 Å². The van der Waals surface area contributed by atoms with Gasteiger partial charge in [-0.2, -0.15) is 5.26 Å². The molecule has 0 aliphatic carbocycles. The molecule has 0 fully saturated rings. The highest BCUT2D eigenvalue weighted by molar-refractivity contribution is 7.89. The quantitative estimate of drug-likeness (QED) is 0.940. The highest BCUT2D eigenvalue weighted by Gasteiger charge is 2.15. The lowest BCUT2D eigenvalue weighted by atomic mass is 10.1. The minimum Gasteiger partial charge on any atom is -0.207 e. The lowest BCUT2D eigenvalue weighted by Crippen LogP contribution is -2.23. The number of benzene rings is 2. The molecule has 0 saturated carbocycles. The second-order valence-corrected chi connectivity index (χ2v) is 6.40. The summed E-state index contributed by atoms with van der Waals surface area (Å²) in [4.78, 5) is 0.00375. The van der Waals surface area contributed by atoms with E-state index in [2.05, 4.69) is 4.72 Å². The van der Waals surface area contributed by atoms with E-state index in [0.717, 1.165) is 6.07 Å². The first-order valence-corrected chi connectivity index (χ1v) is 7.72. The van der Waals surface area contributed by atoms with Crippen LogP contribution >= 0.6 is 11.6 Å². The standard InChI is InChI=1S/C14H10ClFN2O2S/c15-12-2-1-3-13(7-12)21(19,20)18-9-11-5-4-10(8-17)6-14(11)16/h1-7,18H,9H2. The van der Waals surface area contributed by atoms with Gasteiger partial charge >= 0.3 is 0 Å². The molecular formula is C14H10ClFN2O2S. The van der Waals surface area contributed by atoms with Crippen LogP contribution in [0.1, 0.15) is 11.1 Å². The van der Waals surface area contributed by atoms with Crippen LogP contribution in [0.2, 0.25) is 5.02 Å². The SMILES string of the molecule is N#Cc1ccc(CNS(=O)(=O)c2cccc(Cl)c2)c(F)c1. The van der Waals surface area contributed by atoms with Gasteiger partial charge in [0, 0.05) is 17.1 Å². The Morgan fingerprint density at radius 2 is 2.00 bits per heavy atom. The Kier molecular flexibility index (Phi) is 4.58. The van der Waals surface area contributed by atoms with Crippen molar-refractivity contribution in [1.82, 2.24) is 4.72 Å². The fourth-order valence-electron chi connectivity index (χ4n) is 1.65. The Balaban J connectivity index is 2.18. The second kappa shape index (κ2) is 6.22. The molecule has 4 nitrogen and oxygen atoms in total. The minimum absolute atomic E-state index is 0.00375. The average Bonchev–Trinajstić information content (AvgIpc) is 2.46. The van der Waals surface area contributed by atoms with Crippen molar-refractivity contribution >= 4 is 21.6 Å². The Morgan fingerprint density at radius 1 is 1.24 bits per heavy atom. The van der Waals surface area contributed by atoms with Gasteiger partial charge in [-0.05, 0) is 30.3 Å². The maximum atomic E-state index is 13.7. The molecule has 0 heterocycles. The zero-order valence-electron chi connectivity index (χ0n) is 10.7. The average molecular weight is 325 g/mol. The van der Waals surface area contributed by atoms with Crippen LogP contribution in [0.4, 0.5) is 4.39 Å². The van der Waals surface area contributed by atoms with Crippen LogP contribution in [0.15, 0.2) is 47.4 Å². The number of sulfonamides is 1. The van der Waals surface area contributed by atoms with Crippen LogP contribution in [0.5, 0.6) is 0 Å². The van der Waals surface area contributed by atoms with Crippen LogP contribution in [-0.2, 0) is 16.6 Å². The van der Waals surface area contributed by atoms with Gasteiger partial charge < -0.3 is 0 Å². The fraction of sp³-hybridized carbons (Fsp3) is 0.0714. The molecule has 0 radical (unpaired) electrons. The lowest BCUT2D eigenvalue weighted by Gasteiger charge is -2.08. The number of halogens is 2. The van der Waals surface area contributed by atoms with Crippen molar-refractivity contribution in [2.45, 2.75) is 11.4 Å². The predicted octanol–water partition coefficient (Wildman–Crippen LogP) is 2.83. The summed E-state index contributed by atoms with van der Waals surface area (Å²) in [5, 5.41) is 8.94. The predicted molar refractivity (Wildman–Crippen MR) is 76.6 cm³/mol. The lowest BCUT2D eigenvalue weighted by molar-refractivity contribution is 0.574. The summed E-state index contributed by atoms with van der Waals surface area (Å²) < 4.78 is 40.1. The van der Waals surface area contributed by atoms with Crippen LogP contribution in [0.25, 0.3) is 0 Å². The van der Waals surface area contributed by atoms with E-state index in [1.807, 2.05) is 0 Å².